The highest BCUT2D eigenvalue weighted by Gasteiger charge is 2.51. The molecule has 3 amide bonds. The number of rotatable bonds is 14. The van der Waals surface area contributed by atoms with Crippen LogP contribution >= 0.6 is 0 Å². The highest BCUT2D eigenvalue weighted by atomic mass is 19.3. The predicted molar refractivity (Wildman–Crippen MR) is 168 cm³/mol. The first-order chi connectivity index (χ1) is 22.4. The van der Waals surface area contributed by atoms with Crippen molar-refractivity contribution in [3.63, 3.8) is 0 Å². The first-order valence-electron chi connectivity index (χ1n) is 15.3. The molecule has 0 saturated carbocycles. The van der Waals surface area contributed by atoms with Crippen LogP contribution in [0.25, 0.3) is 0 Å². The number of aliphatic hydroxyl groups excluding tert-OH is 1. The average Bonchev–Trinajstić information content (AvgIpc) is 3.49. The highest BCUT2D eigenvalue weighted by molar-refractivity contribution is 5.90. The van der Waals surface area contributed by atoms with Gasteiger partial charge in [0, 0.05) is 6.04 Å². The second kappa shape index (κ2) is 15.6. The number of carboxylic acid groups (broad SMARTS) is 1. The number of benzene rings is 3. The zero-order chi connectivity index (χ0) is 34.1. The zero-order valence-electron chi connectivity index (χ0n) is 26.1. The largest absolute Gasteiger partial charge is 0.477 e. The van der Waals surface area contributed by atoms with E-state index >= 15 is 0 Å². The molecule has 10 nitrogen and oxygen atoms in total. The van der Waals surface area contributed by atoms with Crippen LogP contribution in [0.3, 0.4) is 0 Å². The Hall–Kier alpha value is -4.84. The van der Waals surface area contributed by atoms with Crippen LogP contribution in [0.1, 0.15) is 36.1 Å². The minimum Gasteiger partial charge on any atom is -0.477 e. The van der Waals surface area contributed by atoms with Gasteiger partial charge in [-0.05, 0) is 47.4 Å². The zero-order valence-corrected chi connectivity index (χ0v) is 26.1. The molecule has 3 aromatic rings. The molecular weight excluding hydrogens is 612 g/mol. The maximum absolute atomic E-state index is 14.5. The van der Waals surface area contributed by atoms with Crippen LogP contribution in [0.4, 0.5) is 13.6 Å². The predicted octanol–water partition coefficient (Wildman–Crippen LogP) is 3.74. The molecule has 0 radical (unpaired) electrons. The van der Waals surface area contributed by atoms with Crippen molar-refractivity contribution in [1.82, 2.24) is 15.5 Å². The molecule has 0 saturated heterocycles. The Morgan fingerprint density at radius 2 is 1.40 bits per heavy atom. The fourth-order valence-corrected chi connectivity index (χ4v) is 5.62. The number of alkyl carbamates (subject to hydrolysis) is 1. The van der Waals surface area contributed by atoms with Crippen molar-refractivity contribution in [2.75, 3.05) is 6.54 Å². The van der Waals surface area contributed by atoms with Gasteiger partial charge in [-0.1, -0.05) is 98.8 Å². The lowest BCUT2D eigenvalue weighted by molar-refractivity contribution is -0.185. The monoisotopic (exact) mass is 651 g/mol. The third kappa shape index (κ3) is 9.13. The van der Waals surface area contributed by atoms with Crippen LogP contribution in [0.5, 0.6) is 0 Å². The number of aliphatic hydroxyl groups is 1. The number of amides is 3. The molecule has 0 fully saturated rings. The number of fused-ring (bicyclic) bond motifs is 1. The molecule has 1 aliphatic rings. The van der Waals surface area contributed by atoms with Gasteiger partial charge in [-0.25, -0.2) is 9.59 Å². The maximum Gasteiger partial charge on any atom is 0.408 e. The van der Waals surface area contributed by atoms with E-state index in [9.17, 15) is 33.1 Å². The summed E-state index contributed by atoms with van der Waals surface area (Å²) in [5, 5.41) is 24.6. The molecule has 0 aliphatic heterocycles. The molecule has 3 aromatic carbocycles. The number of carbonyl (C=O) groups excluding carboxylic acids is 3. The molecule has 0 aromatic heterocycles. The van der Waals surface area contributed by atoms with E-state index in [0.717, 1.165) is 16.7 Å². The molecular formula is C35H39F2N3O7. The third-order valence-electron chi connectivity index (χ3n) is 8.17. The van der Waals surface area contributed by atoms with Crippen molar-refractivity contribution >= 4 is 23.9 Å². The number of aliphatic carboxylic acids is 1. The first-order valence-corrected chi connectivity index (χ1v) is 15.3. The number of carboxylic acids is 1. The normalized spacial score (nSPS) is 14.9. The van der Waals surface area contributed by atoms with E-state index in [2.05, 4.69) is 10.6 Å². The minimum absolute atomic E-state index is 0.0260. The maximum atomic E-state index is 14.5. The van der Waals surface area contributed by atoms with Gasteiger partial charge in [0.05, 0.1) is 12.6 Å². The van der Waals surface area contributed by atoms with E-state index in [4.69, 9.17) is 9.84 Å². The second-order valence-electron chi connectivity index (χ2n) is 12.0. The van der Waals surface area contributed by atoms with Crippen LogP contribution in [-0.2, 0) is 45.0 Å². The summed E-state index contributed by atoms with van der Waals surface area (Å²) in [7, 11) is 0. The summed E-state index contributed by atoms with van der Waals surface area (Å²) in [4.78, 5) is 53.1. The summed E-state index contributed by atoms with van der Waals surface area (Å²) < 4.78 is 34.3. The van der Waals surface area contributed by atoms with E-state index in [0.29, 0.717) is 18.4 Å². The van der Waals surface area contributed by atoms with Crippen LogP contribution in [0, 0.1) is 5.92 Å². The summed E-state index contributed by atoms with van der Waals surface area (Å²) in [6.45, 7) is 2.82. The van der Waals surface area contributed by atoms with Crippen molar-refractivity contribution in [3.05, 3.63) is 107 Å². The van der Waals surface area contributed by atoms with Gasteiger partial charge in [0.15, 0.2) is 0 Å². The van der Waals surface area contributed by atoms with E-state index in [1.165, 1.54) is 4.90 Å². The van der Waals surface area contributed by atoms with Crippen LogP contribution in [0.15, 0.2) is 84.9 Å². The Balaban J connectivity index is 1.56. The molecule has 4 N–H and O–H groups in total. The Bertz CT molecular complexity index is 1510. The Labute approximate surface area is 271 Å². The standard InChI is InChI=1S/C35H39F2N3O7/c1-22(2)30(39-34(46)47-21-24-13-7-4-8-14-24)32(43)40(27-18-25-15-9-10-16-26(25)19-27)20-29(41)38-28(17-23-11-5-3-6-12-23)31(42)35(36,37)33(44)45/h3-16,22,27-28,30-31,42H,17-21H2,1-2H3,(H,38,41)(H,39,46)(H,44,45)/t28-,30-,31?/m0/s1. The van der Waals surface area contributed by atoms with Crippen LogP contribution < -0.4 is 10.6 Å². The van der Waals surface area contributed by atoms with Crippen molar-refractivity contribution in [1.29, 1.82) is 0 Å². The smallest absolute Gasteiger partial charge is 0.408 e. The Morgan fingerprint density at radius 3 is 1.94 bits per heavy atom. The van der Waals surface area contributed by atoms with Gasteiger partial charge in [-0.15, -0.1) is 0 Å². The number of hydrogen-bond donors (Lipinski definition) is 4. The lowest BCUT2D eigenvalue weighted by Gasteiger charge is -2.34. The van der Waals surface area contributed by atoms with E-state index < -0.39 is 66.5 Å². The molecule has 0 heterocycles. The third-order valence-corrected chi connectivity index (χ3v) is 8.17. The quantitative estimate of drug-likeness (QED) is 0.208. The van der Waals surface area contributed by atoms with Gasteiger partial charge in [-0.2, -0.15) is 8.78 Å². The average molecular weight is 652 g/mol. The fraction of sp³-hybridized carbons (Fsp3) is 0.371. The summed E-state index contributed by atoms with van der Waals surface area (Å²) in [5.74, 6) is -9.00. The molecule has 3 atom stereocenters. The summed E-state index contributed by atoms with van der Waals surface area (Å²) in [5.41, 5.74) is 3.17. The lowest BCUT2D eigenvalue weighted by atomic mass is 9.96. The number of nitrogens with zero attached hydrogens (tertiary/aromatic N) is 1. The van der Waals surface area contributed by atoms with Gasteiger partial charge in [0.25, 0.3) is 0 Å². The molecule has 0 spiro atoms. The van der Waals surface area contributed by atoms with Gasteiger partial charge in [0.2, 0.25) is 11.8 Å². The van der Waals surface area contributed by atoms with Crippen molar-refractivity contribution in [2.24, 2.45) is 5.92 Å². The number of ether oxygens (including phenoxy) is 1. The summed E-state index contributed by atoms with van der Waals surface area (Å²) >= 11 is 0. The highest BCUT2D eigenvalue weighted by Crippen LogP contribution is 2.27. The lowest BCUT2D eigenvalue weighted by Crippen LogP contribution is -2.59. The summed E-state index contributed by atoms with van der Waals surface area (Å²) in [6.07, 6.45) is -3.09. The Morgan fingerprint density at radius 1 is 0.872 bits per heavy atom. The molecule has 250 valence electrons. The second-order valence-corrected chi connectivity index (χ2v) is 12.0. The van der Waals surface area contributed by atoms with E-state index in [-0.39, 0.29) is 13.0 Å². The number of carbonyl (C=O) groups is 4. The number of hydrogen-bond acceptors (Lipinski definition) is 6. The fourth-order valence-electron chi connectivity index (χ4n) is 5.62. The molecule has 12 heteroatoms. The molecule has 1 aliphatic carbocycles. The molecule has 0 bridgehead atoms. The topological polar surface area (TPSA) is 145 Å². The molecule has 4 rings (SSSR count). The SMILES string of the molecule is CC(C)[C@H](NC(=O)OCc1ccccc1)C(=O)N(CC(=O)N[C@@H](Cc1ccccc1)C(O)C(F)(F)C(=O)O)C1Cc2ccccc2C1. The van der Waals surface area contributed by atoms with Gasteiger partial charge < -0.3 is 30.5 Å². The van der Waals surface area contributed by atoms with Crippen LogP contribution in [-0.4, -0.2) is 75.7 Å². The van der Waals surface area contributed by atoms with Gasteiger partial charge >= 0.3 is 18.0 Å². The van der Waals surface area contributed by atoms with Crippen molar-refractivity contribution in [3.8, 4) is 0 Å². The van der Waals surface area contributed by atoms with Crippen molar-refractivity contribution in [2.45, 2.75) is 69.9 Å². The van der Waals surface area contributed by atoms with Gasteiger partial charge in [-0.3, -0.25) is 9.59 Å². The first kappa shape index (κ1) is 35.0. The van der Waals surface area contributed by atoms with Gasteiger partial charge in [0.1, 0.15) is 18.8 Å². The van der Waals surface area contributed by atoms with Crippen LogP contribution in [0.2, 0.25) is 0 Å². The van der Waals surface area contributed by atoms with Crippen molar-refractivity contribution < 1.29 is 42.9 Å². The minimum atomic E-state index is -4.57. The summed E-state index contributed by atoms with van der Waals surface area (Å²) in [6, 6.07) is 21.4. The van der Waals surface area contributed by atoms with E-state index in [1.807, 2.05) is 30.3 Å². The Kier molecular flexibility index (Phi) is 11.7. The van der Waals surface area contributed by atoms with E-state index in [1.54, 1.807) is 68.4 Å². The number of alkyl halides is 2. The molecule has 47 heavy (non-hydrogen) atoms. The molecule has 1 unspecified atom stereocenters. The number of halogens is 2. The number of nitrogens with one attached hydrogen (secondary N) is 2.